The highest BCUT2D eigenvalue weighted by Gasteiger charge is 2.09. The van der Waals surface area contributed by atoms with Crippen LogP contribution in [0.5, 0.6) is 5.75 Å². The van der Waals surface area contributed by atoms with E-state index in [9.17, 15) is 9.59 Å². The average Bonchev–Trinajstić information content (AvgIpc) is 2.27. The first kappa shape index (κ1) is 12.0. The van der Waals surface area contributed by atoms with Gasteiger partial charge in [-0.25, -0.2) is 4.98 Å². The summed E-state index contributed by atoms with van der Waals surface area (Å²) >= 11 is 0. The first-order valence-electron chi connectivity index (χ1n) is 4.64. The molecule has 0 aliphatic rings. The average molecular weight is 224 g/mol. The normalized spacial score (nSPS) is 9.56. The fraction of sp³-hybridized carbons (Fsp3) is 0.300. The van der Waals surface area contributed by atoms with E-state index in [0.29, 0.717) is 11.6 Å². The first-order chi connectivity index (χ1) is 7.63. The number of carbonyl (C=O) groups excluding carboxylic acids is 1. The summed E-state index contributed by atoms with van der Waals surface area (Å²) in [7, 11) is 1.46. The molecule has 0 radical (unpaired) electrons. The minimum atomic E-state index is -1.01. The van der Waals surface area contributed by atoms with Crippen molar-refractivity contribution < 1.29 is 19.4 Å². The molecule has 1 aromatic rings. The van der Waals surface area contributed by atoms with E-state index in [2.05, 4.69) is 10.3 Å². The number of pyridine rings is 1. The third-order valence-electron chi connectivity index (χ3n) is 1.81. The van der Waals surface area contributed by atoms with E-state index in [-0.39, 0.29) is 12.8 Å². The number of carboxylic acids is 1. The molecule has 1 aromatic heterocycles. The molecule has 0 bridgehead atoms. The molecule has 1 heterocycles. The van der Waals surface area contributed by atoms with Gasteiger partial charge in [0.25, 0.3) is 0 Å². The maximum Gasteiger partial charge on any atom is 0.303 e. The molecule has 1 amide bonds. The van der Waals surface area contributed by atoms with Gasteiger partial charge in [0.05, 0.1) is 13.5 Å². The predicted octanol–water partition coefficient (Wildman–Crippen LogP) is 0.893. The fourth-order valence-corrected chi connectivity index (χ4v) is 1.06. The van der Waals surface area contributed by atoms with Crippen molar-refractivity contribution in [3.8, 4) is 5.75 Å². The summed E-state index contributed by atoms with van der Waals surface area (Å²) in [6.07, 6.45) is 1.21. The van der Waals surface area contributed by atoms with Crippen LogP contribution in [0.1, 0.15) is 12.8 Å². The van der Waals surface area contributed by atoms with Gasteiger partial charge in [0.15, 0.2) is 11.6 Å². The number of ether oxygens (including phenoxy) is 1. The molecule has 0 saturated carbocycles. The topological polar surface area (TPSA) is 88.5 Å². The molecular weight excluding hydrogens is 212 g/mol. The molecule has 0 saturated heterocycles. The van der Waals surface area contributed by atoms with Crippen molar-refractivity contribution in [2.24, 2.45) is 0 Å². The van der Waals surface area contributed by atoms with Crippen molar-refractivity contribution in [2.75, 3.05) is 12.4 Å². The molecule has 16 heavy (non-hydrogen) atoms. The van der Waals surface area contributed by atoms with Gasteiger partial charge in [-0.05, 0) is 12.1 Å². The molecule has 0 fully saturated rings. The first-order valence-corrected chi connectivity index (χ1v) is 4.64. The van der Waals surface area contributed by atoms with E-state index < -0.39 is 11.9 Å². The van der Waals surface area contributed by atoms with E-state index in [4.69, 9.17) is 9.84 Å². The van der Waals surface area contributed by atoms with E-state index in [0.717, 1.165) is 0 Å². The minimum absolute atomic E-state index is 0.0882. The quantitative estimate of drug-likeness (QED) is 0.775. The standard InChI is InChI=1S/C10H12N2O4/c1-16-7-3-2-6-11-10(7)12-8(13)4-5-9(14)15/h2-3,6H,4-5H2,1H3,(H,14,15)(H,11,12,13). The molecule has 0 aromatic carbocycles. The van der Waals surface area contributed by atoms with Crippen LogP contribution >= 0.6 is 0 Å². The zero-order chi connectivity index (χ0) is 12.0. The SMILES string of the molecule is COc1cccnc1NC(=O)CCC(=O)O. The number of hydrogen-bond donors (Lipinski definition) is 2. The van der Waals surface area contributed by atoms with Crippen molar-refractivity contribution in [1.82, 2.24) is 4.98 Å². The number of methoxy groups -OCH3 is 1. The zero-order valence-electron chi connectivity index (χ0n) is 8.77. The van der Waals surface area contributed by atoms with Gasteiger partial charge in [0.2, 0.25) is 5.91 Å². The second-order valence-electron chi connectivity index (χ2n) is 3.00. The number of carboxylic acid groups (broad SMARTS) is 1. The number of hydrogen-bond acceptors (Lipinski definition) is 4. The third kappa shape index (κ3) is 3.56. The molecule has 6 nitrogen and oxygen atoms in total. The lowest BCUT2D eigenvalue weighted by atomic mass is 10.3. The number of amides is 1. The van der Waals surface area contributed by atoms with E-state index >= 15 is 0 Å². The molecule has 0 atom stereocenters. The largest absolute Gasteiger partial charge is 0.493 e. The Morgan fingerprint density at radius 2 is 2.25 bits per heavy atom. The van der Waals surface area contributed by atoms with Crippen LogP contribution in [0.3, 0.4) is 0 Å². The van der Waals surface area contributed by atoms with Crippen molar-refractivity contribution in [3.05, 3.63) is 18.3 Å². The Kier molecular flexibility index (Phi) is 4.26. The van der Waals surface area contributed by atoms with Gasteiger partial charge in [-0.1, -0.05) is 0 Å². The molecule has 0 spiro atoms. The summed E-state index contributed by atoms with van der Waals surface area (Å²) in [4.78, 5) is 25.5. The summed E-state index contributed by atoms with van der Waals surface area (Å²) in [6.45, 7) is 0. The maximum absolute atomic E-state index is 11.3. The van der Waals surface area contributed by atoms with Crippen LogP contribution in [-0.2, 0) is 9.59 Å². The Balaban J connectivity index is 2.58. The Hall–Kier alpha value is -2.11. The molecule has 86 valence electrons. The van der Waals surface area contributed by atoms with Crippen LogP contribution in [0.2, 0.25) is 0 Å². The molecule has 1 rings (SSSR count). The van der Waals surface area contributed by atoms with Crippen LogP contribution in [0.15, 0.2) is 18.3 Å². The highest BCUT2D eigenvalue weighted by atomic mass is 16.5. The van der Waals surface area contributed by atoms with Crippen LogP contribution in [0, 0.1) is 0 Å². The Morgan fingerprint density at radius 1 is 1.50 bits per heavy atom. The number of aliphatic carboxylic acids is 1. The minimum Gasteiger partial charge on any atom is -0.493 e. The van der Waals surface area contributed by atoms with Gasteiger partial charge < -0.3 is 15.2 Å². The van der Waals surface area contributed by atoms with E-state index in [1.807, 2.05) is 0 Å². The summed E-state index contributed by atoms with van der Waals surface area (Å²) in [5, 5.41) is 10.9. The van der Waals surface area contributed by atoms with Crippen LogP contribution in [0.25, 0.3) is 0 Å². The maximum atomic E-state index is 11.3. The number of carbonyl (C=O) groups is 2. The highest BCUT2D eigenvalue weighted by molar-refractivity contribution is 5.92. The van der Waals surface area contributed by atoms with Gasteiger partial charge in [0, 0.05) is 12.6 Å². The number of anilines is 1. The lowest BCUT2D eigenvalue weighted by molar-refractivity contribution is -0.138. The van der Waals surface area contributed by atoms with E-state index in [1.165, 1.54) is 13.3 Å². The Labute approximate surface area is 92.3 Å². The summed E-state index contributed by atoms with van der Waals surface area (Å²) in [5.74, 6) is -0.686. The fourth-order valence-electron chi connectivity index (χ4n) is 1.06. The van der Waals surface area contributed by atoms with Gasteiger partial charge in [0.1, 0.15) is 0 Å². The summed E-state index contributed by atoms with van der Waals surface area (Å²) < 4.78 is 4.98. The van der Waals surface area contributed by atoms with E-state index in [1.54, 1.807) is 12.1 Å². The monoisotopic (exact) mass is 224 g/mol. The van der Waals surface area contributed by atoms with Gasteiger partial charge in [-0.3, -0.25) is 9.59 Å². The molecule has 0 aliphatic carbocycles. The lowest BCUT2D eigenvalue weighted by Crippen LogP contribution is -2.14. The van der Waals surface area contributed by atoms with Crippen molar-refractivity contribution in [1.29, 1.82) is 0 Å². The lowest BCUT2D eigenvalue weighted by Gasteiger charge is -2.07. The van der Waals surface area contributed by atoms with Crippen molar-refractivity contribution in [2.45, 2.75) is 12.8 Å². The number of nitrogens with one attached hydrogen (secondary N) is 1. The number of nitrogens with zero attached hydrogens (tertiary/aromatic N) is 1. The highest BCUT2D eigenvalue weighted by Crippen LogP contribution is 2.19. The Bertz CT molecular complexity index is 392. The zero-order valence-corrected chi connectivity index (χ0v) is 8.77. The summed E-state index contributed by atoms with van der Waals surface area (Å²) in [5.41, 5.74) is 0. The van der Waals surface area contributed by atoms with Crippen molar-refractivity contribution in [3.63, 3.8) is 0 Å². The molecule has 0 aliphatic heterocycles. The van der Waals surface area contributed by atoms with Gasteiger partial charge >= 0.3 is 5.97 Å². The number of rotatable bonds is 5. The predicted molar refractivity (Wildman–Crippen MR) is 56.3 cm³/mol. The molecule has 0 unspecified atom stereocenters. The second kappa shape index (κ2) is 5.69. The number of aromatic nitrogens is 1. The second-order valence-corrected chi connectivity index (χ2v) is 3.00. The third-order valence-corrected chi connectivity index (χ3v) is 1.81. The molecule has 2 N–H and O–H groups in total. The smallest absolute Gasteiger partial charge is 0.303 e. The van der Waals surface area contributed by atoms with Crippen LogP contribution in [-0.4, -0.2) is 29.1 Å². The molecule has 6 heteroatoms. The van der Waals surface area contributed by atoms with Gasteiger partial charge in [-0.15, -0.1) is 0 Å². The van der Waals surface area contributed by atoms with Gasteiger partial charge in [-0.2, -0.15) is 0 Å². The van der Waals surface area contributed by atoms with Crippen LogP contribution < -0.4 is 10.1 Å². The van der Waals surface area contributed by atoms with Crippen LogP contribution in [0.4, 0.5) is 5.82 Å². The molecular formula is C10H12N2O4. The Morgan fingerprint density at radius 3 is 2.88 bits per heavy atom. The van der Waals surface area contributed by atoms with Crippen molar-refractivity contribution >= 4 is 17.7 Å². The summed E-state index contributed by atoms with van der Waals surface area (Å²) in [6, 6.07) is 3.32.